The van der Waals surface area contributed by atoms with Crippen LogP contribution in [0.4, 0.5) is 0 Å². The van der Waals surface area contributed by atoms with E-state index in [0.717, 1.165) is 50.1 Å². The summed E-state index contributed by atoms with van der Waals surface area (Å²) in [6, 6.07) is 11.1. The minimum Gasteiger partial charge on any atom is -0.341 e. The first-order valence-corrected chi connectivity index (χ1v) is 9.57. The van der Waals surface area contributed by atoms with Gasteiger partial charge >= 0.3 is 0 Å². The Labute approximate surface area is 149 Å². The van der Waals surface area contributed by atoms with E-state index in [1.807, 2.05) is 6.92 Å². The van der Waals surface area contributed by atoms with Gasteiger partial charge in [0.15, 0.2) is 0 Å². The molecule has 1 atom stereocenters. The lowest BCUT2D eigenvalue weighted by Crippen LogP contribution is -2.37. The van der Waals surface area contributed by atoms with Crippen LogP contribution in [0, 0.1) is 12.8 Å². The Kier molecular flexibility index (Phi) is 4.71. The van der Waals surface area contributed by atoms with Gasteiger partial charge in [0.25, 0.3) is 0 Å². The second-order valence-electron chi connectivity index (χ2n) is 7.61. The number of carbonyl (C=O) groups excluding carboxylic acids is 1. The fourth-order valence-electron chi connectivity index (χ4n) is 4.21. The standard InChI is InChI=1S/C21H27N3O/c1-15-6-8-18-12-16(7-9-20(18)23-15)13-22-19-10-11-24(14-19)21(25)17-4-2-3-5-17/h6-9,12,17,19,22H,2-5,10-11,13-14H2,1H3. The largest absolute Gasteiger partial charge is 0.341 e. The number of nitrogens with zero attached hydrogens (tertiary/aromatic N) is 2. The third kappa shape index (κ3) is 3.69. The third-order valence-corrected chi connectivity index (χ3v) is 5.69. The van der Waals surface area contributed by atoms with Crippen LogP contribution >= 0.6 is 0 Å². The van der Waals surface area contributed by atoms with Crippen LogP contribution in [0.1, 0.15) is 43.4 Å². The molecule has 1 aromatic carbocycles. The molecule has 0 radical (unpaired) electrons. The van der Waals surface area contributed by atoms with Crippen molar-refractivity contribution in [2.75, 3.05) is 13.1 Å². The van der Waals surface area contributed by atoms with Crippen LogP contribution in [0.15, 0.2) is 30.3 Å². The molecule has 1 aromatic heterocycles. The van der Waals surface area contributed by atoms with Gasteiger partial charge in [-0.3, -0.25) is 9.78 Å². The fourth-order valence-corrected chi connectivity index (χ4v) is 4.21. The van der Waals surface area contributed by atoms with Crippen molar-refractivity contribution in [3.05, 3.63) is 41.6 Å². The molecule has 2 aromatic rings. The number of likely N-dealkylation sites (tertiary alicyclic amines) is 1. The molecule has 132 valence electrons. The van der Waals surface area contributed by atoms with Crippen LogP contribution in [0.3, 0.4) is 0 Å². The molecule has 2 heterocycles. The molecule has 1 unspecified atom stereocenters. The molecule has 4 heteroatoms. The number of hydrogen-bond acceptors (Lipinski definition) is 3. The molecule has 1 amide bonds. The van der Waals surface area contributed by atoms with E-state index >= 15 is 0 Å². The summed E-state index contributed by atoms with van der Waals surface area (Å²) in [4.78, 5) is 19.2. The van der Waals surface area contributed by atoms with Gasteiger partial charge in [0, 0.05) is 42.7 Å². The number of aromatic nitrogens is 1. The van der Waals surface area contributed by atoms with Gasteiger partial charge in [-0.1, -0.05) is 25.0 Å². The second kappa shape index (κ2) is 7.12. The highest BCUT2D eigenvalue weighted by molar-refractivity contribution is 5.80. The first-order chi connectivity index (χ1) is 12.2. The molecule has 1 saturated carbocycles. The molecule has 25 heavy (non-hydrogen) atoms. The van der Waals surface area contributed by atoms with Crippen LogP contribution in [0.25, 0.3) is 10.9 Å². The van der Waals surface area contributed by atoms with E-state index in [-0.39, 0.29) is 0 Å². The van der Waals surface area contributed by atoms with Crippen molar-refractivity contribution in [1.82, 2.24) is 15.2 Å². The van der Waals surface area contributed by atoms with E-state index in [1.165, 1.54) is 23.8 Å². The molecule has 1 N–H and O–H groups in total. The Morgan fingerprint density at radius 3 is 2.88 bits per heavy atom. The van der Waals surface area contributed by atoms with Gasteiger partial charge in [0.1, 0.15) is 0 Å². The molecule has 1 aliphatic heterocycles. The highest BCUT2D eigenvalue weighted by Crippen LogP contribution is 2.28. The zero-order valence-corrected chi connectivity index (χ0v) is 15.0. The zero-order valence-electron chi connectivity index (χ0n) is 15.0. The average Bonchev–Trinajstić information content (AvgIpc) is 3.31. The van der Waals surface area contributed by atoms with Crippen LogP contribution < -0.4 is 5.32 Å². The highest BCUT2D eigenvalue weighted by atomic mass is 16.2. The summed E-state index contributed by atoms with van der Waals surface area (Å²) in [6.07, 6.45) is 5.70. The minimum absolute atomic E-state index is 0.301. The van der Waals surface area contributed by atoms with Crippen molar-refractivity contribution >= 4 is 16.8 Å². The predicted molar refractivity (Wildman–Crippen MR) is 100 cm³/mol. The summed E-state index contributed by atoms with van der Waals surface area (Å²) in [5, 5.41) is 4.82. The Morgan fingerprint density at radius 2 is 2.04 bits per heavy atom. The lowest BCUT2D eigenvalue weighted by atomic mass is 10.1. The first-order valence-electron chi connectivity index (χ1n) is 9.57. The lowest BCUT2D eigenvalue weighted by molar-refractivity contribution is -0.134. The zero-order chi connectivity index (χ0) is 17.2. The molecule has 0 bridgehead atoms. The molecular formula is C21H27N3O. The minimum atomic E-state index is 0.301. The summed E-state index contributed by atoms with van der Waals surface area (Å²) in [6.45, 7) is 4.64. The topological polar surface area (TPSA) is 45.2 Å². The number of rotatable bonds is 4. The SMILES string of the molecule is Cc1ccc2cc(CNC3CCN(C(=O)C4CCCC4)C3)ccc2n1. The van der Waals surface area contributed by atoms with E-state index in [1.54, 1.807) is 0 Å². The number of carbonyl (C=O) groups is 1. The number of benzene rings is 1. The highest BCUT2D eigenvalue weighted by Gasteiger charge is 2.31. The number of hydrogen-bond donors (Lipinski definition) is 1. The predicted octanol–water partition coefficient (Wildman–Crippen LogP) is 3.42. The van der Waals surface area contributed by atoms with Crippen LogP contribution in [-0.2, 0) is 11.3 Å². The number of fused-ring (bicyclic) bond motifs is 1. The third-order valence-electron chi connectivity index (χ3n) is 5.69. The van der Waals surface area contributed by atoms with E-state index in [2.05, 4.69) is 45.5 Å². The molecule has 2 aliphatic rings. The fraction of sp³-hybridized carbons (Fsp3) is 0.524. The summed E-state index contributed by atoms with van der Waals surface area (Å²) < 4.78 is 0. The molecule has 4 nitrogen and oxygen atoms in total. The van der Waals surface area contributed by atoms with Gasteiger partial charge in [-0.25, -0.2) is 0 Å². The number of aryl methyl sites for hydroxylation is 1. The van der Waals surface area contributed by atoms with E-state index in [0.29, 0.717) is 17.9 Å². The van der Waals surface area contributed by atoms with Gasteiger partial charge in [-0.05, 0) is 49.9 Å². The monoisotopic (exact) mass is 337 g/mol. The van der Waals surface area contributed by atoms with Crippen LogP contribution in [0.2, 0.25) is 0 Å². The summed E-state index contributed by atoms with van der Waals surface area (Å²) in [5.41, 5.74) is 3.38. The van der Waals surface area contributed by atoms with E-state index < -0.39 is 0 Å². The molecular weight excluding hydrogens is 310 g/mol. The van der Waals surface area contributed by atoms with Crippen LogP contribution in [-0.4, -0.2) is 34.9 Å². The van der Waals surface area contributed by atoms with Gasteiger partial charge in [-0.15, -0.1) is 0 Å². The molecule has 1 saturated heterocycles. The van der Waals surface area contributed by atoms with Crippen molar-refractivity contribution < 1.29 is 4.79 Å². The summed E-state index contributed by atoms with van der Waals surface area (Å²) in [7, 11) is 0. The van der Waals surface area contributed by atoms with Gasteiger partial charge in [0.2, 0.25) is 5.91 Å². The second-order valence-corrected chi connectivity index (χ2v) is 7.61. The van der Waals surface area contributed by atoms with Crippen molar-refractivity contribution in [3.63, 3.8) is 0 Å². The number of nitrogens with one attached hydrogen (secondary N) is 1. The van der Waals surface area contributed by atoms with Gasteiger partial charge in [0.05, 0.1) is 5.52 Å². The van der Waals surface area contributed by atoms with Gasteiger partial charge in [-0.2, -0.15) is 0 Å². The number of amides is 1. The van der Waals surface area contributed by atoms with Crippen molar-refractivity contribution in [3.8, 4) is 0 Å². The first kappa shape index (κ1) is 16.5. The Balaban J connectivity index is 1.33. The Bertz CT molecular complexity index is 767. The lowest BCUT2D eigenvalue weighted by Gasteiger charge is -2.20. The Hall–Kier alpha value is -1.94. The van der Waals surface area contributed by atoms with Crippen LogP contribution in [0.5, 0.6) is 0 Å². The molecule has 0 spiro atoms. The number of pyridine rings is 1. The smallest absolute Gasteiger partial charge is 0.225 e. The maximum Gasteiger partial charge on any atom is 0.225 e. The Morgan fingerprint density at radius 1 is 1.20 bits per heavy atom. The maximum absolute atomic E-state index is 12.5. The summed E-state index contributed by atoms with van der Waals surface area (Å²) in [5.74, 6) is 0.698. The maximum atomic E-state index is 12.5. The van der Waals surface area contributed by atoms with E-state index in [4.69, 9.17) is 0 Å². The van der Waals surface area contributed by atoms with Crippen molar-refractivity contribution in [2.45, 2.75) is 51.6 Å². The quantitative estimate of drug-likeness (QED) is 0.930. The molecule has 1 aliphatic carbocycles. The normalized spacial score (nSPS) is 21.3. The molecule has 4 rings (SSSR count). The average molecular weight is 337 g/mol. The van der Waals surface area contributed by atoms with Crippen molar-refractivity contribution in [1.29, 1.82) is 0 Å². The van der Waals surface area contributed by atoms with Gasteiger partial charge < -0.3 is 10.2 Å². The molecule has 2 fully saturated rings. The van der Waals surface area contributed by atoms with Crippen molar-refractivity contribution in [2.24, 2.45) is 5.92 Å². The van der Waals surface area contributed by atoms with E-state index in [9.17, 15) is 4.79 Å². The summed E-state index contributed by atoms with van der Waals surface area (Å²) >= 11 is 0.